The van der Waals surface area contributed by atoms with E-state index < -0.39 is 20.4 Å². The molecule has 8 heteroatoms. The summed E-state index contributed by atoms with van der Waals surface area (Å²) >= 11 is 0. The van der Waals surface area contributed by atoms with E-state index in [4.69, 9.17) is 4.42 Å². The van der Waals surface area contributed by atoms with Crippen molar-refractivity contribution in [3.8, 4) is 0 Å². The minimum atomic E-state index is -3.72. The average molecular weight is 360 g/mol. The van der Waals surface area contributed by atoms with Crippen molar-refractivity contribution < 1.29 is 17.8 Å². The molecule has 0 aliphatic rings. The number of furan rings is 1. The van der Waals surface area contributed by atoms with Gasteiger partial charge in [-0.2, -0.15) is 0 Å². The summed E-state index contributed by atoms with van der Waals surface area (Å²) in [6, 6.07) is 13.6. The molecule has 2 aromatic carbocycles. The van der Waals surface area contributed by atoms with Crippen molar-refractivity contribution in [2.45, 2.75) is 11.4 Å². The highest BCUT2D eigenvalue weighted by Gasteiger charge is 2.28. The summed E-state index contributed by atoms with van der Waals surface area (Å²) in [5.74, 6) is 0.628. The van der Waals surface area contributed by atoms with Crippen molar-refractivity contribution in [3.05, 3.63) is 64.4 Å². The second-order valence-corrected chi connectivity index (χ2v) is 7.74. The van der Waals surface area contributed by atoms with Gasteiger partial charge in [-0.25, -0.2) is 8.42 Å². The molecule has 0 N–H and O–H groups in total. The second kappa shape index (κ2) is 6.21. The van der Waals surface area contributed by atoms with Gasteiger partial charge in [0.2, 0.25) is 0 Å². The molecular weight excluding hydrogens is 344 g/mol. The van der Waals surface area contributed by atoms with E-state index in [2.05, 4.69) is 0 Å². The van der Waals surface area contributed by atoms with Gasteiger partial charge in [-0.1, -0.05) is 24.3 Å². The average Bonchev–Trinajstić information content (AvgIpc) is 2.95. The first-order valence-corrected chi connectivity index (χ1v) is 9.32. The van der Waals surface area contributed by atoms with E-state index in [9.17, 15) is 18.5 Å². The third kappa shape index (κ3) is 3.34. The number of hydrogen-bond acceptors (Lipinski definition) is 6. The molecule has 0 amide bonds. The lowest BCUT2D eigenvalue weighted by molar-refractivity contribution is -0.387. The van der Waals surface area contributed by atoms with Crippen LogP contribution in [0.1, 0.15) is 5.76 Å². The Hall–Kier alpha value is -2.87. The first-order chi connectivity index (χ1) is 11.8. The Balaban J connectivity index is 2.02. The third-order valence-electron chi connectivity index (χ3n) is 3.84. The van der Waals surface area contributed by atoms with Crippen LogP contribution in [0.3, 0.4) is 0 Å². The third-order valence-corrected chi connectivity index (χ3v) is 4.97. The zero-order valence-electron chi connectivity index (χ0n) is 13.7. The topological polar surface area (TPSA) is 93.7 Å². The van der Waals surface area contributed by atoms with Crippen molar-refractivity contribution in [3.63, 3.8) is 0 Å². The van der Waals surface area contributed by atoms with Crippen LogP contribution in [0.4, 0.5) is 11.4 Å². The van der Waals surface area contributed by atoms with Gasteiger partial charge in [0.1, 0.15) is 21.9 Å². The number of fused-ring (bicyclic) bond motifs is 1. The molecule has 0 saturated carbocycles. The molecule has 1 aromatic heterocycles. The molecule has 0 aliphatic heterocycles. The summed E-state index contributed by atoms with van der Waals surface area (Å²) < 4.78 is 29.5. The van der Waals surface area contributed by atoms with Gasteiger partial charge in [-0.3, -0.25) is 10.1 Å². The van der Waals surface area contributed by atoms with Crippen LogP contribution in [0.25, 0.3) is 11.0 Å². The van der Waals surface area contributed by atoms with Gasteiger partial charge in [0.15, 0.2) is 9.84 Å². The van der Waals surface area contributed by atoms with Crippen molar-refractivity contribution in [2.24, 2.45) is 0 Å². The van der Waals surface area contributed by atoms with Crippen molar-refractivity contribution in [1.29, 1.82) is 0 Å². The van der Waals surface area contributed by atoms with Crippen LogP contribution in [0.2, 0.25) is 0 Å². The lowest BCUT2D eigenvalue weighted by atomic mass is 10.2. The molecule has 0 spiro atoms. The van der Waals surface area contributed by atoms with Gasteiger partial charge in [0, 0.05) is 18.7 Å². The maximum atomic E-state index is 11.9. The predicted molar refractivity (Wildman–Crippen MR) is 94.5 cm³/mol. The molecule has 0 aliphatic carbocycles. The quantitative estimate of drug-likeness (QED) is 0.511. The van der Waals surface area contributed by atoms with Gasteiger partial charge >= 0.3 is 5.69 Å². The monoisotopic (exact) mass is 360 g/mol. The molecule has 7 nitrogen and oxygen atoms in total. The van der Waals surface area contributed by atoms with Crippen LogP contribution in [-0.4, -0.2) is 26.6 Å². The highest BCUT2D eigenvalue weighted by atomic mass is 32.2. The van der Waals surface area contributed by atoms with Crippen LogP contribution in [-0.2, 0) is 16.4 Å². The molecule has 0 radical (unpaired) electrons. The lowest BCUT2D eigenvalue weighted by Crippen LogP contribution is -2.18. The highest BCUT2D eigenvalue weighted by Crippen LogP contribution is 2.35. The Bertz CT molecular complexity index is 1020. The molecule has 3 rings (SSSR count). The zero-order chi connectivity index (χ0) is 18.2. The maximum absolute atomic E-state index is 11.9. The highest BCUT2D eigenvalue weighted by molar-refractivity contribution is 7.90. The fraction of sp³-hybridized carbons (Fsp3) is 0.176. The summed E-state index contributed by atoms with van der Waals surface area (Å²) in [4.78, 5) is 12.1. The molecule has 0 atom stereocenters. The van der Waals surface area contributed by atoms with Gasteiger partial charge in [-0.15, -0.1) is 0 Å². The van der Waals surface area contributed by atoms with Gasteiger partial charge in [0.05, 0.1) is 11.5 Å². The van der Waals surface area contributed by atoms with Crippen LogP contribution in [0.5, 0.6) is 0 Å². The Morgan fingerprint density at radius 2 is 1.88 bits per heavy atom. The molecule has 0 saturated heterocycles. The summed E-state index contributed by atoms with van der Waals surface area (Å²) in [6.07, 6.45) is 0.957. The van der Waals surface area contributed by atoms with Gasteiger partial charge in [0.25, 0.3) is 0 Å². The minimum absolute atomic E-state index is 0.216. The normalized spacial score (nSPS) is 11.6. The Labute approximate surface area is 144 Å². The van der Waals surface area contributed by atoms with Crippen molar-refractivity contribution in [2.75, 3.05) is 18.2 Å². The Morgan fingerprint density at radius 3 is 2.52 bits per heavy atom. The molecule has 3 aromatic rings. The fourth-order valence-electron chi connectivity index (χ4n) is 2.74. The lowest BCUT2D eigenvalue weighted by Gasteiger charge is -2.18. The number of nitro groups is 1. The second-order valence-electron chi connectivity index (χ2n) is 5.76. The molecule has 1 heterocycles. The molecule has 25 heavy (non-hydrogen) atoms. The summed E-state index contributed by atoms with van der Waals surface area (Å²) in [7, 11) is -2.07. The first-order valence-electron chi connectivity index (χ1n) is 7.43. The molecule has 0 unspecified atom stereocenters. The maximum Gasteiger partial charge on any atom is 0.311 e. The van der Waals surface area contributed by atoms with Crippen LogP contribution in [0.15, 0.2) is 57.8 Å². The van der Waals surface area contributed by atoms with Crippen LogP contribution < -0.4 is 4.90 Å². The number of para-hydroxylation sites is 2. The first kappa shape index (κ1) is 17.0. The van der Waals surface area contributed by atoms with Gasteiger partial charge < -0.3 is 9.32 Å². The number of nitrogens with zero attached hydrogens (tertiary/aromatic N) is 2. The van der Waals surface area contributed by atoms with E-state index in [1.54, 1.807) is 11.9 Å². The SMILES string of the molecule is CN(Cc1cc2ccccc2o1)c1cccc(S(C)(=O)=O)c1[N+](=O)[O-]. The number of anilines is 1. The van der Waals surface area contributed by atoms with Crippen LogP contribution >= 0.6 is 0 Å². The van der Waals surface area contributed by atoms with Gasteiger partial charge in [-0.05, 0) is 24.3 Å². The predicted octanol–water partition coefficient (Wildman–Crippen LogP) is 3.38. The van der Waals surface area contributed by atoms with E-state index in [1.807, 2.05) is 30.3 Å². The van der Waals surface area contributed by atoms with E-state index in [0.29, 0.717) is 5.76 Å². The van der Waals surface area contributed by atoms with E-state index in [-0.39, 0.29) is 17.1 Å². The molecular formula is C17H16N2O5S. The molecule has 0 fully saturated rings. The Morgan fingerprint density at radius 1 is 1.16 bits per heavy atom. The summed E-state index contributed by atoms with van der Waals surface area (Å²) in [6.45, 7) is 0.267. The number of benzene rings is 2. The van der Waals surface area contributed by atoms with E-state index in [0.717, 1.165) is 17.2 Å². The smallest absolute Gasteiger partial charge is 0.311 e. The molecule has 0 bridgehead atoms. The van der Waals surface area contributed by atoms with Crippen molar-refractivity contribution in [1.82, 2.24) is 0 Å². The van der Waals surface area contributed by atoms with Crippen LogP contribution in [0, 0.1) is 10.1 Å². The summed E-state index contributed by atoms with van der Waals surface area (Å²) in [5.41, 5.74) is 0.516. The van der Waals surface area contributed by atoms with E-state index >= 15 is 0 Å². The Kier molecular flexibility index (Phi) is 4.22. The number of sulfone groups is 1. The fourth-order valence-corrected chi connectivity index (χ4v) is 3.59. The van der Waals surface area contributed by atoms with E-state index in [1.165, 1.54) is 18.2 Å². The number of nitro benzene ring substituents is 1. The minimum Gasteiger partial charge on any atom is -0.459 e. The zero-order valence-corrected chi connectivity index (χ0v) is 14.5. The molecule has 130 valence electrons. The number of rotatable bonds is 5. The number of hydrogen-bond donors (Lipinski definition) is 0. The summed E-state index contributed by atoms with van der Waals surface area (Å²) in [5, 5.41) is 12.4. The largest absolute Gasteiger partial charge is 0.459 e. The standard InChI is InChI=1S/C17H16N2O5S/c1-18(11-13-10-12-6-3-4-8-15(12)24-13)14-7-5-9-16(25(2,22)23)17(14)19(20)21/h3-10H,11H2,1-2H3. The van der Waals surface area contributed by atoms with Crippen molar-refractivity contribution >= 4 is 32.2 Å².